The van der Waals surface area contributed by atoms with Crippen LogP contribution in [0.5, 0.6) is 0 Å². The molecule has 1 amide bonds. The maximum atomic E-state index is 12.5. The first-order chi connectivity index (χ1) is 11.1. The Kier molecular flexibility index (Phi) is 5.17. The minimum absolute atomic E-state index is 0.112. The molecular weight excluding hydrogens is 332 g/mol. The van der Waals surface area contributed by atoms with Gasteiger partial charge in [0.05, 0.1) is 17.9 Å². The van der Waals surface area contributed by atoms with E-state index in [1.54, 1.807) is 32.2 Å². The molecule has 0 saturated heterocycles. The molecule has 1 aliphatic rings. The van der Waals surface area contributed by atoms with E-state index in [4.69, 9.17) is 5.11 Å². The molecule has 24 heavy (non-hydrogen) atoms. The zero-order chi connectivity index (χ0) is 18.1. The van der Waals surface area contributed by atoms with E-state index in [2.05, 4.69) is 0 Å². The average molecular weight is 354 g/mol. The number of nitrogens with zero attached hydrogens (tertiary/aromatic N) is 2. The van der Waals surface area contributed by atoms with E-state index < -0.39 is 21.9 Å². The molecule has 1 N–H and O–H groups in total. The van der Waals surface area contributed by atoms with Gasteiger partial charge in [0, 0.05) is 25.7 Å². The lowest BCUT2D eigenvalue weighted by atomic mass is 10.00. The first kappa shape index (κ1) is 18.3. The van der Waals surface area contributed by atoms with Crippen LogP contribution in [0.25, 0.3) is 0 Å². The Hall–Kier alpha value is -2.09. The zero-order valence-corrected chi connectivity index (χ0v) is 14.8. The summed E-state index contributed by atoms with van der Waals surface area (Å²) < 4.78 is 25.1. The van der Waals surface area contributed by atoms with Gasteiger partial charge < -0.3 is 10.0 Å². The van der Waals surface area contributed by atoms with E-state index in [1.807, 2.05) is 0 Å². The number of carboxylic acid groups (broad SMARTS) is 1. The van der Waals surface area contributed by atoms with Gasteiger partial charge in [-0.05, 0) is 36.6 Å². The molecule has 132 valence electrons. The maximum absolute atomic E-state index is 12.5. The second kappa shape index (κ2) is 6.80. The highest BCUT2D eigenvalue weighted by Gasteiger charge is 2.25. The summed E-state index contributed by atoms with van der Waals surface area (Å²) >= 11 is 0. The number of sulfonamides is 1. The Balaban J connectivity index is 2.25. The van der Waals surface area contributed by atoms with E-state index >= 15 is 0 Å². The van der Waals surface area contributed by atoms with Crippen LogP contribution in [0.2, 0.25) is 0 Å². The van der Waals surface area contributed by atoms with Crippen LogP contribution in [0, 0.1) is 5.92 Å². The van der Waals surface area contributed by atoms with Crippen molar-refractivity contribution in [3.8, 4) is 0 Å². The number of anilines is 1. The number of hydrogen-bond donors (Lipinski definition) is 1. The predicted molar refractivity (Wildman–Crippen MR) is 90.7 cm³/mol. The Morgan fingerprint density at radius 2 is 2.04 bits per heavy atom. The fraction of sp³-hybridized carbons (Fsp3) is 0.500. The molecule has 0 spiro atoms. The van der Waals surface area contributed by atoms with Gasteiger partial charge in [-0.25, -0.2) is 8.42 Å². The van der Waals surface area contributed by atoms with Gasteiger partial charge in [-0.15, -0.1) is 0 Å². The van der Waals surface area contributed by atoms with Crippen LogP contribution in [0.1, 0.15) is 29.3 Å². The smallest absolute Gasteiger partial charge is 0.308 e. The molecule has 0 aliphatic carbocycles. The number of carbonyl (C=O) groups is 2. The van der Waals surface area contributed by atoms with Crippen LogP contribution in [-0.4, -0.2) is 56.7 Å². The molecule has 1 aliphatic heterocycles. The number of aliphatic carboxylic acids is 1. The van der Waals surface area contributed by atoms with Crippen LogP contribution >= 0.6 is 0 Å². The normalized spacial score (nSPS) is 15.5. The summed E-state index contributed by atoms with van der Waals surface area (Å²) in [5, 5.41) is 8.95. The number of hydrogen-bond acceptors (Lipinski definition) is 4. The lowest BCUT2D eigenvalue weighted by Crippen LogP contribution is -2.35. The molecule has 0 saturated carbocycles. The van der Waals surface area contributed by atoms with Gasteiger partial charge >= 0.3 is 5.97 Å². The van der Waals surface area contributed by atoms with Gasteiger partial charge in [0.2, 0.25) is 10.0 Å². The van der Waals surface area contributed by atoms with Crippen molar-refractivity contribution in [3.63, 3.8) is 0 Å². The molecular formula is C16H22N2O5S. The molecule has 0 aromatic heterocycles. The molecule has 0 bridgehead atoms. The highest BCUT2D eigenvalue weighted by atomic mass is 32.2. The first-order valence-electron chi connectivity index (χ1n) is 7.70. The van der Waals surface area contributed by atoms with Crippen LogP contribution in [0.4, 0.5) is 5.69 Å². The summed E-state index contributed by atoms with van der Waals surface area (Å²) in [6.07, 6.45) is 2.57. The maximum Gasteiger partial charge on any atom is 0.308 e. The number of fused-ring (bicyclic) bond motifs is 1. The van der Waals surface area contributed by atoms with Crippen LogP contribution in [0.3, 0.4) is 0 Å². The number of benzene rings is 1. The molecule has 7 nitrogen and oxygen atoms in total. The Morgan fingerprint density at radius 1 is 1.38 bits per heavy atom. The molecule has 1 aromatic rings. The minimum Gasteiger partial charge on any atom is -0.481 e. The highest BCUT2D eigenvalue weighted by Crippen LogP contribution is 2.30. The second-order valence-electron chi connectivity index (χ2n) is 6.21. The van der Waals surface area contributed by atoms with Crippen molar-refractivity contribution in [2.45, 2.75) is 19.8 Å². The number of amides is 1. The molecule has 0 fully saturated rings. The number of aryl methyl sites for hydroxylation is 1. The lowest BCUT2D eigenvalue weighted by molar-refractivity contribution is -0.141. The summed E-state index contributed by atoms with van der Waals surface area (Å²) in [5.41, 5.74) is 1.86. The van der Waals surface area contributed by atoms with Crippen molar-refractivity contribution < 1.29 is 23.1 Å². The molecule has 0 radical (unpaired) electrons. The van der Waals surface area contributed by atoms with Gasteiger partial charge in [-0.3, -0.25) is 13.9 Å². The van der Waals surface area contributed by atoms with Gasteiger partial charge in [0.1, 0.15) is 0 Å². The van der Waals surface area contributed by atoms with Crippen molar-refractivity contribution in [3.05, 3.63) is 29.3 Å². The topological polar surface area (TPSA) is 95.0 Å². The molecule has 8 heteroatoms. The third kappa shape index (κ3) is 3.87. The SMILES string of the molecule is C[C@H](CN(C)C(=O)c1ccc2c(c1)CCCN2S(C)(=O)=O)C(=O)O. The van der Waals surface area contributed by atoms with E-state index in [-0.39, 0.29) is 12.5 Å². The standard InChI is InChI=1S/C16H22N2O5S/c1-11(16(20)21)10-17(2)15(19)13-6-7-14-12(9-13)5-4-8-18(14)24(3,22)23/h6-7,9,11H,4-5,8,10H2,1-3H3,(H,20,21)/t11-/m1/s1. The summed E-state index contributed by atoms with van der Waals surface area (Å²) in [6.45, 7) is 2.10. The fourth-order valence-electron chi connectivity index (χ4n) is 2.83. The minimum atomic E-state index is -3.34. The second-order valence-corrected chi connectivity index (χ2v) is 8.11. The van der Waals surface area contributed by atoms with Crippen LogP contribution in [0.15, 0.2) is 18.2 Å². The summed E-state index contributed by atoms with van der Waals surface area (Å²) in [4.78, 5) is 24.8. The predicted octanol–water partition coefficient (Wildman–Crippen LogP) is 1.19. The van der Waals surface area contributed by atoms with Crippen molar-refractivity contribution in [2.24, 2.45) is 5.92 Å². The Morgan fingerprint density at radius 3 is 2.62 bits per heavy atom. The van der Waals surface area contributed by atoms with Crippen LogP contribution in [-0.2, 0) is 21.2 Å². The molecule has 2 rings (SSSR count). The molecule has 1 atom stereocenters. The fourth-order valence-corrected chi connectivity index (χ4v) is 3.83. The van der Waals surface area contributed by atoms with Gasteiger partial charge in [-0.1, -0.05) is 6.92 Å². The van der Waals surface area contributed by atoms with E-state index in [1.165, 1.54) is 15.5 Å². The van der Waals surface area contributed by atoms with Crippen LogP contribution < -0.4 is 4.31 Å². The summed E-state index contributed by atoms with van der Waals surface area (Å²) in [6, 6.07) is 4.95. The first-order valence-corrected chi connectivity index (χ1v) is 9.55. The number of carbonyl (C=O) groups excluding carboxylic acids is 1. The van der Waals surface area contributed by atoms with E-state index in [0.717, 1.165) is 5.56 Å². The third-order valence-electron chi connectivity index (χ3n) is 4.12. The summed E-state index contributed by atoms with van der Waals surface area (Å²) in [7, 11) is -1.78. The van der Waals surface area contributed by atoms with Crippen molar-refractivity contribution in [2.75, 3.05) is 30.7 Å². The Labute approximate surface area is 141 Å². The highest BCUT2D eigenvalue weighted by molar-refractivity contribution is 7.92. The lowest BCUT2D eigenvalue weighted by Gasteiger charge is -2.29. The molecule has 0 unspecified atom stereocenters. The van der Waals surface area contributed by atoms with Crippen molar-refractivity contribution in [1.29, 1.82) is 0 Å². The van der Waals surface area contributed by atoms with Crippen molar-refractivity contribution in [1.82, 2.24) is 4.90 Å². The monoisotopic (exact) mass is 354 g/mol. The number of carboxylic acids is 1. The Bertz CT molecular complexity index is 760. The quantitative estimate of drug-likeness (QED) is 0.857. The largest absolute Gasteiger partial charge is 0.481 e. The van der Waals surface area contributed by atoms with Gasteiger partial charge in [0.25, 0.3) is 5.91 Å². The number of rotatable bonds is 5. The molecule has 1 aromatic carbocycles. The van der Waals surface area contributed by atoms with E-state index in [0.29, 0.717) is 30.6 Å². The van der Waals surface area contributed by atoms with Gasteiger partial charge in [0.15, 0.2) is 0 Å². The average Bonchev–Trinajstić information content (AvgIpc) is 2.51. The van der Waals surface area contributed by atoms with Crippen molar-refractivity contribution >= 4 is 27.6 Å². The summed E-state index contributed by atoms with van der Waals surface area (Å²) in [5.74, 6) is -1.89. The van der Waals surface area contributed by atoms with Gasteiger partial charge in [-0.2, -0.15) is 0 Å². The zero-order valence-electron chi connectivity index (χ0n) is 14.0. The van der Waals surface area contributed by atoms with E-state index in [9.17, 15) is 18.0 Å². The molecule has 1 heterocycles. The third-order valence-corrected chi connectivity index (χ3v) is 5.30.